The van der Waals surface area contributed by atoms with Crippen LogP contribution in [-0.4, -0.2) is 25.8 Å². The molecule has 4 aromatic rings. The molecule has 2 aromatic heterocycles. The van der Waals surface area contributed by atoms with Crippen LogP contribution in [0.25, 0.3) is 0 Å². The maximum absolute atomic E-state index is 12.7. The first kappa shape index (κ1) is 20.3. The Morgan fingerprint density at radius 1 is 1.10 bits per heavy atom. The Hall–Kier alpha value is -3.94. The molecular formula is C23H23N5O3. The molecule has 8 nitrogen and oxygen atoms in total. The largest absolute Gasteiger partial charge is 0.489 e. The highest BCUT2D eigenvalue weighted by Gasteiger charge is 2.21. The first-order valence-electron chi connectivity index (χ1n) is 9.89. The molecule has 4 rings (SSSR count). The monoisotopic (exact) mass is 417 g/mol. The van der Waals surface area contributed by atoms with Gasteiger partial charge in [-0.05, 0) is 44.0 Å². The minimum Gasteiger partial charge on any atom is -0.489 e. The fourth-order valence-electron chi connectivity index (χ4n) is 3.07. The number of nitrogens with zero attached hydrogens (tertiary/aromatic N) is 4. The second-order valence-electron chi connectivity index (χ2n) is 7.38. The molecule has 0 fully saturated rings. The summed E-state index contributed by atoms with van der Waals surface area (Å²) in [6.45, 7) is 6.49. The predicted octanol–water partition coefficient (Wildman–Crippen LogP) is 4.07. The zero-order chi connectivity index (χ0) is 21.8. The van der Waals surface area contributed by atoms with Crippen LogP contribution in [0.4, 0.5) is 5.95 Å². The molecule has 1 amide bonds. The molecule has 0 saturated heterocycles. The van der Waals surface area contributed by atoms with Crippen molar-refractivity contribution in [1.82, 2.24) is 19.9 Å². The number of aromatic nitrogens is 4. The Balaban J connectivity index is 1.42. The molecule has 0 aliphatic heterocycles. The number of amides is 1. The molecule has 0 aliphatic rings. The lowest BCUT2D eigenvalue weighted by Gasteiger charge is -2.07. The summed E-state index contributed by atoms with van der Waals surface area (Å²) < 4.78 is 12.7. The number of benzene rings is 2. The number of carbonyl (C=O) groups is 1. The van der Waals surface area contributed by atoms with Gasteiger partial charge in [0.25, 0.3) is 5.91 Å². The summed E-state index contributed by atoms with van der Waals surface area (Å²) >= 11 is 0. The van der Waals surface area contributed by atoms with Crippen LogP contribution in [0.15, 0.2) is 59.4 Å². The van der Waals surface area contributed by atoms with E-state index in [1.165, 1.54) is 5.56 Å². The van der Waals surface area contributed by atoms with Crippen molar-refractivity contribution in [1.29, 1.82) is 0 Å². The number of hydrogen-bond acceptors (Lipinski definition) is 6. The summed E-state index contributed by atoms with van der Waals surface area (Å²) in [6, 6.07) is 15.8. The second kappa shape index (κ2) is 8.83. The van der Waals surface area contributed by atoms with Crippen molar-refractivity contribution in [3.8, 4) is 5.75 Å². The van der Waals surface area contributed by atoms with Crippen molar-refractivity contribution in [3.63, 3.8) is 0 Å². The molecule has 0 radical (unpaired) electrons. The zero-order valence-corrected chi connectivity index (χ0v) is 17.6. The van der Waals surface area contributed by atoms with Gasteiger partial charge in [0.05, 0.1) is 12.1 Å². The van der Waals surface area contributed by atoms with Crippen LogP contribution in [0.1, 0.15) is 38.5 Å². The molecule has 2 aromatic carbocycles. The van der Waals surface area contributed by atoms with Crippen LogP contribution in [-0.2, 0) is 13.2 Å². The highest BCUT2D eigenvalue weighted by Crippen LogP contribution is 2.19. The SMILES string of the molecule is Cc1ccc(Cn2cnc(NC(=O)c3noc(C)c3COc3cccc(C)c3)n2)cc1. The van der Waals surface area contributed by atoms with Crippen LogP contribution >= 0.6 is 0 Å². The van der Waals surface area contributed by atoms with Crippen LogP contribution in [0.2, 0.25) is 0 Å². The number of rotatable bonds is 7. The number of anilines is 1. The highest BCUT2D eigenvalue weighted by atomic mass is 16.5. The Kier molecular flexibility index (Phi) is 5.79. The minimum atomic E-state index is -0.451. The molecule has 158 valence electrons. The molecule has 0 aliphatic carbocycles. The molecule has 1 N–H and O–H groups in total. The van der Waals surface area contributed by atoms with E-state index in [0.29, 0.717) is 23.6 Å². The Labute approximate surface area is 179 Å². The Bertz CT molecular complexity index is 1190. The number of carbonyl (C=O) groups excluding carboxylic acids is 1. The van der Waals surface area contributed by atoms with Crippen molar-refractivity contribution in [2.24, 2.45) is 0 Å². The summed E-state index contributed by atoms with van der Waals surface area (Å²) in [5, 5.41) is 10.9. The molecule has 0 bridgehead atoms. The second-order valence-corrected chi connectivity index (χ2v) is 7.38. The first-order valence-corrected chi connectivity index (χ1v) is 9.89. The Morgan fingerprint density at radius 2 is 1.90 bits per heavy atom. The molecule has 0 saturated carbocycles. The summed E-state index contributed by atoms with van der Waals surface area (Å²) in [4.78, 5) is 16.9. The Morgan fingerprint density at radius 3 is 2.68 bits per heavy atom. The summed E-state index contributed by atoms with van der Waals surface area (Å²) in [5.74, 6) is 0.982. The van der Waals surface area contributed by atoms with Crippen molar-refractivity contribution < 1.29 is 14.1 Å². The lowest BCUT2D eigenvalue weighted by molar-refractivity contribution is 0.101. The number of aryl methyl sites for hydroxylation is 3. The average Bonchev–Trinajstić information content (AvgIpc) is 3.34. The van der Waals surface area contributed by atoms with E-state index in [-0.39, 0.29) is 18.2 Å². The minimum absolute atomic E-state index is 0.153. The van der Waals surface area contributed by atoms with E-state index in [2.05, 4.69) is 20.6 Å². The maximum Gasteiger partial charge on any atom is 0.280 e. The van der Waals surface area contributed by atoms with Gasteiger partial charge in [-0.15, -0.1) is 5.10 Å². The predicted molar refractivity (Wildman–Crippen MR) is 115 cm³/mol. The van der Waals surface area contributed by atoms with E-state index in [1.807, 2.05) is 62.4 Å². The van der Waals surface area contributed by atoms with Gasteiger partial charge in [0.1, 0.15) is 24.4 Å². The highest BCUT2D eigenvalue weighted by molar-refractivity contribution is 6.02. The van der Waals surface area contributed by atoms with Crippen LogP contribution < -0.4 is 10.1 Å². The van der Waals surface area contributed by atoms with Crippen molar-refractivity contribution in [2.45, 2.75) is 33.9 Å². The smallest absolute Gasteiger partial charge is 0.280 e. The van der Waals surface area contributed by atoms with E-state index in [0.717, 1.165) is 11.1 Å². The van der Waals surface area contributed by atoms with E-state index in [9.17, 15) is 4.79 Å². The van der Waals surface area contributed by atoms with E-state index in [1.54, 1.807) is 17.9 Å². The summed E-state index contributed by atoms with van der Waals surface area (Å²) in [5.41, 5.74) is 4.11. The number of hydrogen-bond donors (Lipinski definition) is 1. The standard InChI is InChI=1S/C23H23N5O3/c1-15-7-9-18(10-8-15)12-28-14-24-23(26-28)25-22(29)21-20(17(3)31-27-21)13-30-19-6-4-5-16(2)11-19/h4-11,14H,12-13H2,1-3H3,(H,25,26,29). The van der Waals surface area contributed by atoms with Gasteiger partial charge in [0.2, 0.25) is 5.95 Å². The van der Waals surface area contributed by atoms with Gasteiger partial charge in [0, 0.05) is 0 Å². The molecule has 0 spiro atoms. The van der Waals surface area contributed by atoms with Crippen molar-refractivity contribution >= 4 is 11.9 Å². The van der Waals surface area contributed by atoms with Crippen LogP contribution in [0.5, 0.6) is 5.75 Å². The van der Waals surface area contributed by atoms with Crippen molar-refractivity contribution in [3.05, 3.63) is 88.6 Å². The number of nitrogens with one attached hydrogen (secondary N) is 1. The lowest BCUT2D eigenvalue weighted by Crippen LogP contribution is -2.16. The van der Waals surface area contributed by atoms with Gasteiger partial charge in [-0.3, -0.25) is 10.1 Å². The molecule has 0 unspecified atom stereocenters. The fourth-order valence-corrected chi connectivity index (χ4v) is 3.07. The van der Waals surface area contributed by atoms with Gasteiger partial charge in [-0.25, -0.2) is 9.67 Å². The van der Waals surface area contributed by atoms with Gasteiger partial charge < -0.3 is 9.26 Å². The third kappa shape index (κ3) is 4.98. The fraction of sp³-hybridized carbons (Fsp3) is 0.217. The third-order valence-corrected chi connectivity index (χ3v) is 4.80. The summed E-state index contributed by atoms with van der Waals surface area (Å²) in [6.07, 6.45) is 1.57. The lowest BCUT2D eigenvalue weighted by atomic mass is 10.1. The topological polar surface area (TPSA) is 95.1 Å². The summed E-state index contributed by atoms with van der Waals surface area (Å²) in [7, 11) is 0. The molecule has 0 atom stereocenters. The van der Waals surface area contributed by atoms with E-state index < -0.39 is 5.91 Å². The molecule has 2 heterocycles. The first-order chi connectivity index (χ1) is 15.0. The molecule has 8 heteroatoms. The van der Waals surface area contributed by atoms with Crippen LogP contribution in [0, 0.1) is 20.8 Å². The van der Waals surface area contributed by atoms with Gasteiger partial charge in [-0.1, -0.05) is 47.1 Å². The van der Waals surface area contributed by atoms with E-state index in [4.69, 9.17) is 9.26 Å². The normalized spacial score (nSPS) is 10.8. The average molecular weight is 417 g/mol. The number of ether oxygens (including phenoxy) is 1. The zero-order valence-electron chi connectivity index (χ0n) is 17.6. The van der Waals surface area contributed by atoms with Crippen molar-refractivity contribution in [2.75, 3.05) is 5.32 Å². The quantitative estimate of drug-likeness (QED) is 0.487. The van der Waals surface area contributed by atoms with Gasteiger partial charge >= 0.3 is 0 Å². The molecule has 31 heavy (non-hydrogen) atoms. The van der Waals surface area contributed by atoms with Crippen LogP contribution in [0.3, 0.4) is 0 Å². The molecular weight excluding hydrogens is 394 g/mol. The van der Waals surface area contributed by atoms with E-state index >= 15 is 0 Å². The third-order valence-electron chi connectivity index (χ3n) is 4.80. The van der Waals surface area contributed by atoms with Gasteiger partial charge in [0.15, 0.2) is 5.69 Å². The van der Waals surface area contributed by atoms with Gasteiger partial charge in [-0.2, -0.15) is 0 Å². The maximum atomic E-state index is 12.7.